The van der Waals surface area contributed by atoms with Gasteiger partial charge in [-0.1, -0.05) is 6.07 Å². The summed E-state index contributed by atoms with van der Waals surface area (Å²) in [6.45, 7) is 6.60. The molecule has 3 aromatic rings. The zero-order chi connectivity index (χ0) is 26.5. The fourth-order valence-corrected chi connectivity index (χ4v) is 5.92. The Bertz CT molecular complexity index is 1260. The summed E-state index contributed by atoms with van der Waals surface area (Å²) in [6, 6.07) is 9.26. The Morgan fingerprint density at radius 2 is 1.72 bits per heavy atom. The van der Waals surface area contributed by atoms with Crippen LogP contribution < -0.4 is 13.8 Å². The quantitative estimate of drug-likeness (QED) is 0.252. The second kappa shape index (κ2) is 11.2. The molecule has 0 aliphatic carbocycles. The van der Waals surface area contributed by atoms with Crippen molar-refractivity contribution >= 4 is 30.0 Å². The van der Waals surface area contributed by atoms with Crippen molar-refractivity contribution in [3.8, 4) is 28.8 Å². The first kappa shape index (κ1) is 27.3. The van der Waals surface area contributed by atoms with Gasteiger partial charge in [-0.15, -0.1) is 24.3 Å². The molecule has 0 fully saturated rings. The van der Waals surface area contributed by atoms with Crippen LogP contribution in [0.5, 0.6) is 11.5 Å². The predicted octanol–water partition coefficient (Wildman–Crippen LogP) is 3.58. The molecule has 11 nitrogen and oxygen atoms in total. The third-order valence-electron chi connectivity index (χ3n) is 5.43. The highest BCUT2D eigenvalue weighted by Crippen LogP contribution is 2.39. The largest absolute Gasteiger partial charge is 0.494 e. The summed E-state index contributed by atoms with van der Waals surface area (Å²) in [5.41, 5.74) is 0.412. The van der Waals surface area contributed by atoms with E-state index in [1.807, 2.05) is 0 Å². The Morgan fingerprint density at radius 1 is 1.06 bits per heavy atom. The first-order chi connectivity index (χ1) is 17.0. The van der Waals surface area contributed by atoms with Gasteiger partial charge in [0.1, 0.15) is 17.2 Å². The van der Waals surface area contributed by atoms with Gasteiger partial charge in [-0.25, -0.2) is 12.7 Å². The predicted molar refractivity (Wildman–Crippen MR) is 138 cm³/mol. The average Bonchev–Trinajstić information content (AvgIpc) is 3.51. The molecule has 0 spiro atoms. The van der Waals surface area contributed by atoms with Gasteiger partial charge in [-0.05, 0) is 24.3 Å². The number of nitrogens with zero attached hydrogens (tertiary/aromatic N) is 4. The van der Waals surface area contributed by atoms with Crippen LogP contribution in [0.25, 0.3) is 17.3 Å². The van der Waals surface area contributed by atoms with Crippen molar-refractivity contribution in [3.05, 3.63) is 36.6 Å². The van der Waals surface area contributed by atoms with Crippen molar-refractivity contribution in [2.24, 2.45) is 0 Å². The van der Waals surface area contributed by atoms with E-state index >= 15 is 0 Å². The molecule has 0 saturated heterocycles. The van der Waals surface area contributed by atoms with Crippen LogP contribution in [-0.2, 0) is 19.6 Å². The number of hydrogen-bond donors (Lipinski definition) is 0. The third kappa shape index (κ3) is 6.08. The maximum absolute atomic E-state index is 13.6. The van der Waals surface area contributed by atoms with E-state index in [4.69, 9.17) is 13.9 Å². The fraction of sp³-hybridized carbons (Fsp3) is 0.435. The Labute approximate surface area is 212 Å². The lowest BCUT2D eigenvalue weighted by Crippen LogP contribution is -2.39. The molecule has 13 heteroatoms. The summed E-state index contributed by atoms with van der Waals surface area (Å²) in [4.78, 5) is 11.8. The lowest BCUT2D eigenvalue weighted by atomic mass is 10.2. The first-order valence-corrected chi connectivity index (χ1v) is 16.6. The van der Waals surface area contributed by atoms with E-state index in [-0.39, 0.29) is 24.7 Å². The molecule has 3 rings (SSSR count). The van der Waals surface area contributed by atoms with Gasteiger partial charge in [0.2, 0.25) is 21.8 Å². The van der Waals surface area contributed by atoms with Gasteiger partial charge in [0, 0.05) is 6.54 Å². The monoisotopic (exact) mass is 536 g/mol. The molecule has 0 saturated carbocycles. The SMILES string of the molecule is COC(=O)CCS(=O)(=O)N(CC[Si-](C)(C)C)c1nnc(-c2ccco2)n1-c1c(OC)cccc1OC. The van der Waals surface area contributed by atoms with E-state index in [2.05, 4.69) is 34.6 Å². The molecule has 0 N–H and O–H groups in total. The van der Waals surface area contributed by atoms with Gasteiger partial charge in [-0.3, -0.25) is 9.36 Å². The Morgan fingerprint density at radius 3 is 2.25 bits per heavy atom. The lowest BCUT2D eigenvalue weighted by molar-refractivity contribution is -0.140. The summed E-state index contributed by atoms with van der Waals surface area (Å²) >= 11 is 0. The number of anilines is 1. The molecule has 197 valence electrons. The number of aromatic nitrogens is 3. The van der Waals surface area contributed by atoms with Crippen LogP contribution in [0.2, 0.25) is 25.7 Å². The number of furan rings is 1. The maximum Gasteiger partial charge on any atom is 0.306 e. The van der Waals surface area contributed by atoms with Crippen LogP contribution in [0.3, 0.4) is 0 Å². The molecule has 0 unspecified atom stereocenters. The zero-order valence-corrected chi connectivity index (χ0v) is 23.2. The van der Waals surface area contributed by atoms with Crippen LogP contribution in [0.4, 0.5) is 5.95 Å². The van der Waals surface area contributed by atoms with E-state index in [1.165, 1.54) is 31.9 Å². The average molecular weight is 537 g/mol. The highest BCUT2D eigenvalue weighted by molar-refractivity contribution is 7.92. The molecule has 0 aliphatic rings. The second-order valence-electron chi connectivity index (χ2n) is 9.17. The highest BCUT2D eigenvalue weighted by atomic mass is 32.2. The van der Waals surface area contributed by atoms with Crippen molar-refractivity contribution in [1.29, 1.82) is 0 Å². The zero-order valence-electron chi connectivity index (χ0n) is 21.3. The van der Waals surface area contributed by atoms with Crippen molar-refractivity contribution in [1.82, 2.24) is 14.8 Å². The molecule has 0 atom stereocenters. The maximum atomic E-state index is 13.6. The van der Waals surface area contributed by atoms with E-state index in [0.717, 1.165) is 0 Å². The molecule has 1 aromatic carbocycles. The first-order valence-electron chi connectivity index (χ1n) is 11.3. The summed E-state index contributed by atoms with van der Waals surface area (Å²) in [6.07, 6.45) is 1.20. The Hall–Kier alpha value is -3.32. The van der Waals surface area contributed by atoms with E-state index in [1.54, 1.807) is 34.9 Å². The molecular weight excluding hydrogens is 504 g/mol. The molecule has 36 heavy (non-hydrogen) atoms. The highest BCUT2D eigenvalue weighted by Gasteiger charge is 2.32. The summed E-state index contributed by atoms with van der Waals surface area (Å²) in [5, 5.41) is 8.60. The lowest BCUT2D eigenvalue weighted by Gasteiger charge is -2.32. The number of sulfonamides is 1. The number of methoxy groups -OCH3 is 3. The molecule has 2 heterocycles. The van der Waals surface area contributed by atoms with Crippen LogP contribution in [0.1, 0.15) is 6.42 Å². The topological polar surface area (TPSA) is 126 Å². The van der Waals surface area contributed by atoms with Crippen molar-refractivity contribution in [2.45, 2.75) is 32.1 Å². The number of carbonyl (C=O) groups is 1. The number of hydrogen-bond acceptors (Lipinski definition) is 9. The van der Waals surface area contributed by atoms with Crippen LogP contribution in [0, 0.1) is 0 Å². The molecule has 0 radical (unpaired) electrons. The molecule has 2 aromatic heterocycles. The minimum Gasteiger partial charge on any atom is -0.494 e. The van der Waals surface area contributed by atoms with Crippen LogP contribution in [-0.4, -0.2) is 70.9 Å². The van der Waals surface area contributed by atoms with Gasteiger partial charge >= 0.3 is 5.97 Å². The summed E-state index contributed by atoms with van der Waals surface area (Å²) in [5.74, 6) is 0.441. The van der Waals surface area contributed by atoms with E-state index in [9.17, 15) is 13.2 Å². The Kier molecular flexibility index (Phi) is 8.46. The minimum absolute atomic E-state index is 0.0346. The number of rotatable bonds is 12. The van der Waals surface area contributed by atoms with Gasteiger partial charge in [0.05, 0.1) is 39.8 Å². The second-order valence-corrected chi connectivity index (χ2v) is 16.8. The van der Waals surface area contributed by atoms with Gasteiger partial charge < -0.3 is 18.6 Å². The van der Waals surface area contributed by atoms with E-state index in [0.29, 0.717) is 29.0 Å². The van der Waals surface area contributed by atoms with Gasteiger partial charge in [-0.2, -0.15) is 19.6 Å². The summed E-state index contributed by atoms with van der Waals surface area (Å²) < 4.78 is 51.5. The summed E-state index contributed by atoms with van der Waals surface area (Å²) in [7, 11) is -1.46. The van der Waals surface area contributed by atoms with Gasteiger partial charge in [0.25, 0.3) is 0 Å². The molecule has 0 aliphatic heterocycles. The number of carbonyl (C=O) groups excluding carboxylic acids is 1. The Balaban J connectivity index is 2.27. The number of benzene rings is 1. The normalized spacial score (nSPS) is 11.8. The molecule has 0 amide bonds. The van der Waals surface area contributed by atoms with Gasteiger partial charge in [0.15, 0.2) is 5.76 Å². The van der Waals surface area contributed by atoms with Crippen LogP contribution in [0.15, 0.2) is 41.0 Å². The standard InChI is InChI=1S/C23H32N4O7SSi/c1-31-17-9-7-10-18(32-2)21(17)27-22(19-11-8-14-34-19)24-25-23(27)26(13-16-36(4,5)6)35(29,30)15-12-20(28)33-3/h7-11,14H,12-13,15-16H2,1-6H3/q-1. The van der Waals surface area contributed by atoms with Crippen molar-refractivity contribution in [2.75, 3.05) is 37.9 Å². The van der Waals surface area contributed by atoms with Crippen LogP contribution >= 0.6 is 0 Å². The number of ether oxygens (including phenoxy) is 3. The third-order valence-corrected chi connectivity index (χ3v) is 8.89. The van der Waals surface area contributed by atoms with Crippen molar-refractivity contribution < 1.29 is 31.8 Å². The fourth-order valence-electron chi connectivity index (χ4n) is 3.49. The van der Waals surface area contributed by atoms with Crippen molar-refractivity contribution in [3.63, 3.8) is 0 Å². The molecular formula is C23H32N4O7SSi-. The number of para-hydroxylation sites is 1. The van der Waals surface area contributed by atoms with E-state index < -0.39 is 29.8 Å². The smallest absolute Gasteiger partial charge is 0.306 e. The molecule has 0 bridgehead atoms. The minimum atomic E-state index is -4.01. The number of esters is 1.